The van der Waals surface area contributed by atoms with Gasteiger partial charge in [-0.15, -0.1) is 0 Å². The van der Waals surface area contributed by atoms with Gasteiger partial charge in [-0.2, -0.15) is 5.16 Å². The van der Waals surface area contributed by atoms with Gasteiger partial charge in [-0.1, -0.05) is 12.1 Å². The van der Waals surface area contributed by atoms with Gasteiger partial charge >= 0.3 is 5.97 Å². The lowest BCUT2D eigenvalue weighted by Gasteiger charge is -2.05. The standard InChI is InChI=1S/C12H12N2O5/c13-8(12(17)18)5-9-10(11(16)14-19-9)6-2-1-3-7(15)4-6/h1-4,8,15H,5,13H2,(H,14,16)(H,17,18)/t8-/m1/s1. The summed E-state index contributed by atoms with van der Waals surface area (Å²) in [6, 6.07) is 4.85. The minimum absolute atomic E-state index is 0.00779. The van der Waals surface area contributed by atoms with E-state index < -0.39 is 17.6 Å². The summed E-state index contributed by atoms with van der Waals surface area (Å²) < 4.78 is 4.95. The molecule has 5 N–H and O–H groups in total. The Morgan fingerprint density at radius 3 is 2.84 bits per heavy atom. The highest BCUT2D eigenvalue weighted by Gasteiger charge is 2.21. The van der Waals surface area contributed by atoms with E-state index >= 15 is 0 Å². The highest BCUT2D eigenvalue weighted by Crippen LogP contribution is 2.24. The van der Waals surface area contributed by atoms with E-state index in [0.29, 0.717) is 5.56 Å². The number of hydrogen-bond donors (Lipinski definition) is 4. The van der Waals surface area contributed by atoms with Crippen LogP contribution < -0.4 is 11.3 Å². The summed E-state index contributed by atoms with van der Waals surface area (Å²) in [4.78, 5) is 22.4. The molecule has 0 saturated carbocycles. The van der Waals surface area contributed by atoms with Crippen LogP contribution in [0.4, 0.5) is 0 Å². The van der Waals surface area contributed by atoms with Crippen LogP contribution in [0, 0.1) is 0 Å². The fourth-order valence-electron chi connectivity index (χ4n) is 1.72. The predicted molar refractivity (Wildman–Crippen MR) is 65.7 cm³/mol. The van der Waals surface area contributed by atoms with E-state index in [1.165, 1.54) is 12.1 Å². The molecule has 1 heterocycles. The van der Waals surface area contributed by atoms with Crippen molar-refractivity contribution in [2.24, 2.45) is 5.73 Å². The van der Waals surface area contributed by atoms with Gasteiger partial charge < -0.3 is 20.5 Å². The molecule has 2 rings (SSSR count). The number of nitrogens with one attached hydrogen (secondary N) is 1. The van der Waals surface area contributed by atoms with Gasteiger partial charge in [0.1, 0.15) is 17.6 Å². The van der Waals surface area contributed by atoms with Crippen LogP contribution in [0.5, 0.6) is 5.75 Å². The Hall–Kier alpha value is -2.54. The molecule has 7 heteroatoms. The van der Waals surface area contributed by atoms with Crippen LogP contribution in [-0.2, 0) is 11.2 Å². The molecule has 1 atom stereocenters. The second-order valence-electron chi connectivity index (χ2n) is 4.03. The third kappa shape index (κ3) is 2.66. The van der Waals surface area contributed by atoms with Crippen molar-refractivity contribution in [3.05, 3.63) is 40.4 Å². The number of benzene rings is 1. The van der Waals surface area contributed by atoms with Crippen molar-refractivity contribution in [3.63, 3.8) is 0 Å². The largest absolute Gasteiger partial charge is 0.508 e. The van der Waals surface area contributed by atoms with Gasteiger partial charge in [0, 0.05) is 6.42 Å². The van der Waals surface area contributed by atoms with Gasteiger partial charge in [0.15, 0.2) is 0 Å². The molecular formula is C12H12N2O5. The van der Waals surface area contributed by atoms with E-state index in [1.54, 1.807) is 12.1 Å². The monoisotopic (exact) mass is 264 g/mol. The van der Waals surface area contributed by atoms with Gasteiger partial charge in [-0.05, 0) is 17.7 Å². The second-order valence-corrected chi connectivity index (χ2v) is 4.03. The number of carbonyl (C=O) groups is 1. The fourth-order valence-corrected chi connectivity index (χ4v) is 1.72. The summed E-state index contributed by atoms with van der Waals surface area (Å²) in [5.74, 6) is -1.05. The summed E-state index contributed by atoms with van der Waals surface area (Å²) in [7, 11) is 0. The third-order valence-corrected chi connectivity index (χ3v) is 2.63. The van der Waals surface area contributed by atoms with Crippen molar-refractivity contribution in [2.75, 3.05) is 0 Å². The first-order valence-corrected chi connectivity index (χ1v) is 5.47. The number of hydrogen-bond acceptors (Lipinski definition) is 5. The van der Waals surface area contributed by atoms with Crippen LogP contribution in [0.3, 0.4) is 0 Å². The number of aliphatic carboxylic acids is 1. The topological polar surface area (TPSA) is 130 Å². The summed E-state index contributed by atoms with van der Waals surface area (Å²) >= 11 is 0. The fraction of sp³-hybridized carbons (Fsp3) is 0.167. The number of carboxylic acid groups (broad SMARTS) is 1. The molecule has 0 aliphatic carbocycles. The van der Waals surface area contributed by atoms with Crippen molar-refractivity contribution < 1.29 is 19.5 Å². The Labute approximate surface area is 107 Å². The lowest BCUT2D eigenvalue weighted by atomic mass is 10.0. The molecule has 0 aliphatic rings. The number of aromatic nitrogens is 1. The number of carboxylic acids is 1. The number of aromatic hydroxyl groups is 1. The van der Waals surface area contributed by atoms with Crippen LogP contribution in [-0.4, -0.2) is 27.4 Å². The Bertz CT molecular complexity index is 658. The lowest BCUT2D eigenvalue weighted by Crippen LogP contribution is -2.32. The van der Waals surface area contributed by atoms with E-state index in [9.17, 15) is 14.7 Å². The molecule has 0 unspecified atom stereocenters. The van der Waals surface area contributed by atoms with Crippen LogP contribution in [0.15, 0.2) is 33.6 Å². The van der Waals surface area contributed by atoms with Gasteiger partial charge in [0.05, 0.1) is 5.56 Å². The number of phenols is 1. The minimum Gasteiger partial charge on any atom is -0.508 e. The smallest absolute Gasteiger partial charge is 0.320 e. The quantitative estimate of drug-likeness (QED) is 0.628. The van der Waals surface area contributed by atoms with Crippen molar-refractivity contribution in [1.29, 1.82) is 0 Å². The predicted octanol–water partition coefficient (Wildman–Crippen LogP) is 0.295. The van der Waals surface area contributed by atoms with Crippen molar-refractivity contribution in [3.8, 4) is 16.9 Å². The average molecular weight is 264 g/mol. The maximum atomic E-state index is 11.7. The maximum Gasteiger partial charge on any atom is 0.320 e. The number of phenolic OH excluding ortho intramolecular Hbond substituents is 1. The van der Waals surface area contributed by atoms with E-state index in [-0.39, 0.29) is 23.5 Å². The number of nitrogens with two attached hydrogens (primary N) is 1. The van der Waals surface area contributed by atoms with E-state index in [0.717, 1.165) is 0 Å². The molecule has 0 aliphatic heterocycles. The highest BCUT2D eigenvalue weighted by atomic mass is 16.5. The van der Waals surface area contributed by atoms with Crippen molar-refractivity contribution in [1.82, 2.24) is 5.16 Å². The Morgan fingerprint density at radius 2 is 2.21 bits per heavy atom. The Kier molecular flexibility index (Phi) is 3.39. The van der Waals surface area contributed by atoms with E-state index in [1.807, 2.05) is 0 Å². The summed E-state index contributed by atoms with van der Waals surface area (Å²) in [6.45, 7) is 0. The summed E-state index contributed by atoms with van der Waals surface area (Å²) in [5.41, 5.74) is 5.51. The number of rotatable bonds is 4. The van der Waals surface area contributed by atoms with Crippen molar-refractivity contribution >= 4 is 5.97 Å². The van der Waals surface area contributed by atoms with Gasteiger partial charge in [0.25, 0.3) is 5.56 Å². The van der Waals surface area contributed by atoms with Gasteiger partial charge in [0.2, 0.25) is 0 Å². The molecule has 0 radical (unpaired) electrons. The normalized spacial score (nSPS) is 12.3. The molecule has 0 spiro atoms. The third-order valence-electron chi connectivity index (χ3n) is 2.63. The van der Waals surface area contributed by atoms with Crippen LogP contribution in [0.1, 0.15) is 5.76 Å². The zero-order valence-electron chi connectivity index (χ0n) is 9.79. The van der Waals surface area contributed by atoms with E-state index in [4.69, 9.17) is 15.4 Å². The van der Waals surface area contributed by atoms with Crippen LogP contribution >= 0.6 is 0 Å². The molecule has 0 amide bonds. The highest BCUT2D eigenvalue weighted by molar-refractivity contribution is 5.74. The molecule has 1 aromatic carbocycles. The van der Waals surface area contributed by atoms with Crippen LogP contribution in [0.2, 0.25) is 0 Å². The first kappa shape index (κ1) is 12.9. The number of aromatic amines is 1. The molecule has 0 saturated heterocycles. The molecule has 0 fully saturated rings. The second kappa shape index (κ2) is 4.99. The zero-order chi connectivity index (χ0) is 14.0. The summed E-state index contributed by atoms with van der Waals surface area (Å²) in [6.07, 6.45) is -0.126. The molecular weight excluding hydrogens is 252 g/mol. The minimum atomic E-state index is -1.19. The van der Waals surface area contributed by atoms with Gasteiger partial charge in [-0.25, -0.2) is 0 Å². The summed E-state index contributed by atoms with van der Waals surface area (Å²) in [5, 5.41) is 20.3. The molecule has 100 valence electrons. The molecule has 2 aromatic rings. The first-order valence-electron chi connectivity index (χ1n) is 5.47. The SMILES string of the molecule is N[C@H](Cc1o[nH]c(=O)c1-c1cccc(O)c1)C(=O)O. The van der Waals surface area contributed by atoms with E-state index in [2.05, 4.69) is 5.16 Å². The van der Waals surface area contributed by atoms with Crippen molar-refractivity contribution in [2.45, 2.75) is 12.5 Å². The number of H-pyrrole nitrogens is 1. The molecule has 0 bridgehead atoms. The Morgan fingerprint density at radius 1 is 1.47 bits per heavy atom. The average Bonchev–Trinajstić information content (AvgIpc) is 2.70. The molecule has 7 nitrogen and oxygen atoms in total. The maximum absolute atomic E-state index is 11.7. The van der Waals surface area contributed by atoms with Crippen LogP contribution in [0.25, 0.3) is 11.1 Å². The first-order chi connectivity index (χ1) is 8.99. The molecule has 1 aromatic heterocycles. The lowest BCUT2D eigenvalue weighted by molar-refractivity contribution is -0.138. The Balaban J connectivity index is 2.43. The molecule has 19 heavy (non-hydrogen) atoms. The zero-order valence-corrected chi connectivity index (χ0v) is 9.79. The van der Waals surface area contributed by atoms with Gasteiger partial charge in [-0.3, -0.25) is 9.59 Å².